The fourth-order valence-electron chi connectivity index (χ4n) is 2.61. The van der Waals surface area contributed by atoms with Gasteiger partial charge in [0.25, 0.3) is 10.0 Å². The Bertz CT molecular complexity index is 957. The normalized spacial score (nSPS) is 12.4. The molecule has 1 aromatic heterocycles. The Balaban J connectivity index is 1.75. The Morgan fingerprint density at radius 3 is 2.11 bits per heavy atom. The van der Waals surface area contributed by atoms with E-state index in [1.54, 1.807) is 11.4 Å². The average Bonchev–Trinajstić information content (AvgIpc) is 3.23. The van der Waals surface area contributed by atoms with Crippen LogP contribution in [0.25, 0.3) is 0 Å². The van der Waals surface area contributed by atoms with Gasteiger partial charge in [-0.05, 0) is 29.0 Å². The molecule has 0 bridgehead atoms. The van der Waals surface area contributed by atoms with Crippen molar-refractivity contribution in [1.82, 2.24) is 10.0 Å². The molecule has 1 amide bonds. The molecule has 2 N–H and O–H groups in total. The highest BCUT2D eigenvalue weighted by atomic mass is 32.2. The van der Waals surface area contributed by atoms with Crippen LogP contribution in [0.3, 0.4) is 0 Å². The van der Waals surface area contributed by atoms with E-state index in [0.717, 1.165) is 22.5 Å². The molecule has 3 aromatic rings. The maximum Gasteiger partial charge on any atom is 0.250 e. The molecule has 7 heteroatoms. The molecular formula is C20H20N2O3S2. The number of carbonyl (C=O) groups excluding carboxylic acids is 1. The Labute approximate surface area is 163 Å². The maximum absolute atomic E-state index is 12.7. The summed E-state index contributed by atoms with van der Waals surface area (Å²) in [5.41, 5.74) is 1.83. The standard InChI is InChI=1S/C20H20N2O3S2/c23-20(21-15-17-10-5-2-6-11-17)18(14-16-8-3-1-4-9-16)22-27(24,25)19-12-7-13-26-19/h1-13,18,22H,14-15H2,(H,21,23). The zero-order valence-electron chi connectivity index (χ0n) is 14.5. The largest absolute Gasteiger partial charge is 0.351 e. The number of rotatable bonds is 8. The number of carbonyl (C=O) groups is 1. The van der Waals surface area contributed by atoms with Gasteiger partial charge in [-0.3, -0.25) is 4.79 Å². The van der Waals surface area contributed by atoms with Crippen LogP contribution in [-0.2, 0) is 27.8 Å². The molecule has 0 spiro atoms. The quantitative estimate of drug-likeness (QED) is 0.610. The fourth-order valence-corrected chi connectivity index (χ4v) is 4.81. The third-order valence-electron chi connectivity index (χ3n) is 3.97. The van der Waals surface area contributed by atoms with Gasteiger partial charge in [-0.15, -0.1) is 11.3 Å². The lowest BCUT2D eigenvalue weighted by Crippen LogP contribution is -2.47. The van der Waals surface area contributed by atoms with Gasteiger partial charge < -0.3 is 5.32 Å². The van der Waals surface area contributed by atoms with Gasteiger partial charge in [0.2, 0.25) is 5.91 Å². The number of sulfonamides is 1. The number of hydrogen-bond acceptors (Lipinski definition) is 4. The smallest absolute Gasteiger partial charge is 0.250 e. The Morgan fingerprint density at radius 2 is 1.52 bits per heavy atom. The molecule has 1 atom stereocenters. The van der Waals surface area contributed by atoms with Gasteiger partial charge in [0.15, 0.2) is 0 Å². The van der Waals surface area contributed by atoms with E-state index in [0.29, 0.717) is 6.54 Å². The van der Waals surface area contributed by atoms with E-state index in [9.17, 15) is 13.2 Å². The second-order valence-corrected chi connectivity index (χ2v) is 8.89. The molecular weight excluding hydrogens is 380 g/mol. The summed E-state index contributed by atoms with van der Waals surface area (Å²) in [6, 6.07) is 21.1. The van der Waals surface area contributed by atoms with E-state index in [1.807, 2.05) is 60.7 Å². The van der Waals surface area contributed by atoms with E-state index in [-0.39, 0.29) is 16.5 Å². The summed E-state index contributed by atoms with van der Waals surface area (Å²) in [6.07, 6.45) is 0.270. The van der Waals surface area contributed by atoms with Gasteiger partial charge in [-0.2, -0.15) is 4.72 Å². The van der Waals surface area contributed by atoms with Gasteiger partial charge in [0, 0.05) is 6.54 Å². The van der Waals surface area contributed by atoms with Crippen LogP contribution in [0.15, 0.2) is 82.4 Å². The predicted octanol–water partition coefficient (Wildman–Crippen LogP) is 2.95. The van der Waals surface area contributed by atoms with Crippen molar-refractivity contribution >= 4 is 27.3 Å². The molecule has 5 nitrogen and oxygen atoms in total. The molecule has 0 saturated heterocycles. The van der Waals surface area contributed by atoms with Crippen molar-refractivity contribution in [3.05, 3.63) is 89.3 Å². The lowest BCUT2D eigenvalue weighted by molar-refractivity contribution is -0.122. The first kappa shape index (κ1) is 19.3. The number of amides is 1. The molecule has 1 heterocycles. The van der Waals surface area contributed by atoms with Crippen LogP contribution in [0.2, 0.25) is 0 Å². The lowest BCUT2D eigenvalue weighted by Gasteiger charge is -2.18. The molecule has 2 aromatic carbocycles. The van der Waals surface area contributed by atoms with E-state index in [1.165, 1.54) is 6.07 Å². The first-order valence-electron chi connectivity index (χ1n) is 8.46. The van der Waals surface area contributed by atoms with Gasteiger partial charge in [-0.1, -0.05) is 66.7 Å². The summed E-state index contributed by atoms with van der Waals surface area (Å²) in [7, 11) is -3.76. The summed E-state index contributed by atoms with van der Waals surface area (Å²) in [5.74, 6) is -0.358. The summed E-state index contributed by atoms with van der Waals surface area (Å²) in [5, 5.41) is 4.52. The fraction of sp³-hybridized carbons (Fsp3) is 0.150. The minimum absolute atomic E-state index is 0.191. The highest BCUT2D eigenvalue weighted by Crippen LogP contribution is 2.17. The van der Waals surface area contributed by atoms with Crippen molar-refractivity contribution in [1.29, 1.82) is 0 Å². The third-order valence-corrected chi connectivity index (χ3v) is 6.84. The maximum atomic E-state index is 12.7. The molecule has 0 radical (unpaired) electrons. The van der Waals surface area contributed by atoms with Crippen molar-refractivity contribution in [2.75, 3.05) is 0 Å². The topological polar surface area (TPSA) is 75.3 Å². The molecule has 3 rings (SSSR count). The second kappa shape index (κ2) is 8.94. The summed E-state index contributed by atoms with van der Waals surface area (Å²) in [4.78, 5) is 12.7. The van der Waals surface area contributed by atoms with Crippen LogP contribution in [-0.4, -0.2) is 20.4 Å². The molecule has 0 aliphatic carbocycles. The number of benzene rings is 2. The Morgan fingerprint density at radius 1 is 0.889 bits per heavy atom. The zero-order chi connectivity index (χ0) is 19.1. The van der Waals surface area contributed by atoms with Crippen molar-refractivity contribution in [2.24, 2.45) is 0 Å². The van der Waals surface area contributed by atoms with Crippen molar-refractivity contribution in [3.63, 3.8) is 0 Å². The van der Waals surface area contributed by atoms with Gasteiger partial charge >= 0.3 is 0 Å². The summed E-state index contributed by atoms with van der Waals surface area (Å²) in [6.45, 7) is 0.339. The monoisotopic (exact) mass is 400 g/mol. The van der Waals surface area contributed by atoms with Crippen LogP contribution in [0.1, 0.15) is 11.1 Å². The predicted molar refractivity (Wildman–Crippen MR) is 107 cm³/mol. The van der Waals surface area contributed by atoms with Crippen molar-refractivity contribution in [3.8, 4) is 0 Å². The molecule has 0 aliphatic rings. The molecule has 0 fully saturated rings. The number of thiophene rings is 1. The molecule has 0 saturated carbocycles. The van der Waals surface area contributed by atoms with Crippen LogP contribution >= 0.6 is 11.3 Å². The van der Waals surface area contributed by atoms with Gasteiger partial charge in [0.05, 0.1) is 0 Å². The first-order valence-corrected chi connectivity index (χ1v) is 10.8. The highest BCUT2D eigenvalue weighted by Gasteiger charge is 2.26. The highest BCUT2D eigenvalue weighted by molar-refractivity contribution is 7.91. The van der Waals surface area contributed by atoms with Crippen LogP contribution in [0.4, 0.5) is 0 Å². The van der Waals surface area contributed by atoms with Gasteiger partial charge in [0.1, 0.15) is 10.3 Å². The van der Waals surface area contributed by atoms with Crippen molar-refractivity contribution in [2.45, 2.75) is 23.2 Å². The minimum Gasteiger partial charge on any atom is -0.351 e. The summed E-state index contributed by atoms with van der Waals surface area (Å²) >= 11 is 1.12. The van der Waals surface area contributed by atoms with Crippen LogP contribution in [0.5, 0.6) is 0 Å². The van der Waals surface area contributed by atoms with E-state index in [2.05, 4.69) is 10.0 Å². The van der Waals surface area contributed by atoms with Crippen LogP contribution < -0.4 is 10.0 Å². The molecule has 27 heavy (non-hydrogen) atoms. The zero-order valence-corrected chi connectivity index (χ0v) is 16.2. The molecule has 0 aliphatic heterocycles. The van der Waals surface area contributed by atoms with Crippen molar-refractivity contribution < 1.29 is 13.2 Å². The second-order valence-electron chi connectivity index (χ2n) is 6.00. The van der Waals surface area contributed by atoms with Gasteiger partial charge in [-0.25, -0.2) is 8.42 Å². The summed E-state index contributed by atoms with van der Waals surface area (Å²) < 4.78 is 27.9. The molecule has 140 valence electrons. The van der Waals surface area contributed by atoms with Crippen LogP contribution in [0, 0.1) is 0 Å². The Hall–Kier alpha value is -2.48. The number of nitrogens with one attached hydrogen (secondary N) is 2. The Kier molecular flexibility index (Phi) is 6.39. The van der Waals surface area contributed by atoms with E-state index < -0.39 is 16.1 Å². The van der Waals surface area contributed by atoms with E-state index in [4.69, 9.17) is 0 Å². The number of hydrogen-bond donors (Lipinski definition) is 2. The SMILES string of the molecule is O=C(NCc1ccccc1)C(Cc1ccccc1)NS(=O)(=O)c1cccs1. The third kappa shape index (κ3) is 5.50. The minimum atomic E-state index is -3.76. The molecule has 1 unspecified atom stereocenters. The first-order chi connectivity index (χ1) is 13.0. The van der Waals surface area contributed by atoms with E-state index >= 15 is 0 Å². The average molecular weight is 401 g/mol. The lowest BCUT2D eigenvalue weighted by atomic mass is 10.1.